The molecular weight excluding hydrogens is 599 g/mol. The van der Waals surface area contributed by atoms with Crippen LogP contribution in [0.2, 0.25) is 0 Å². The highest BCUT2D eigenvalue weighted by Crippen LogP contribution is 2.31. The van der Waals surface area contributed by atoms with Crippen molar-refractivity contribution >= 4 is 30.0 Å². The molecule has 0 aliphatic carbocycles. The first-order valence-corrected chi connectivity index (χ1v) is 14.6. The van der Waals surface area contributed by atoms with E-state index in [0.717, 1.165) is 37.2 Å². The van der Waals surface area contributed by atoms with Crippen LogP contribution >= 0.6 is 12.4 Å². The number of anilines is 1. The first-order valence-electron chi connectivity index (χ1n) is 14.6. The quantitative estimate of drug-likeness (QED) is 0.207. The van der Waals surface area contributed by atoms with Crippen LogP contribution in [-0.2, 0) is 12.1 Å². The highest BCUT2D eigenvalue weighted by Gasteiger charge is 2.26. The lowest BCUT2D eigenvalue weighted by molar-refractivity contribution is 0.0696. The van der Waals surface area contributed by atoms with Crippen LogP contribution in [0.15, 0.2) is 72.9 Å². The Hall–Kier alpha value is -4.41. The second-order valence-electron chi connectivity index (χ2n) is 11.9. The topological polar surface area (TPSA) is 106 Å². The molecule has 11 heteroatoms. The van der Waals surface area contributed by atoms with Crippen LogP contribution in [0, 0.1) is 5.82 Å². The van der Waals surface area contributed by atoms with Crippen LogP contribution in [0.3, 0.4) is 0 Å². The Bertz CT molecular complexity index is 1630. The zero-order valence-electron chi connectivity index (χ0n) is 25.7. The number of carboxylic acids is 1. The number of methoxy groups -OCH3 is 1. The Morgan fingerprint density at radius 3 is 2.29 bits per heavy atom. The predicted octanol–water partition coefficient (Wildman–Crippen LogP) is 6.87. The fourth-order valence-electron chi connectivity index (χ4n) is 5.38. The van der Waals surface area contributed by atoms with E-state index in [9.17, 15) is 14.0 Å². The minimum atomic E-state index is -0.963. The van der Waals surface area contributed by atoms with Crippen LogP contribution in [0.5, 0.6) is 11.5 Å². The van der Waals surface area contributed by atoms with Crippen molar-refractivity contribution in [3.05, 3.63) is 95.4 Å². The van der Waals surface area contributed by atoms with Crippen molar-refractivity contribution in [2.75, 3.05) is 25.5 Å². The van der Waals surface area contributed by atoms with Crippen LogP contribution in [-0.4, -0.2) is 58.0 Å². The summed E-state index contributed by atoms with van der Waals surface area (Å²) in [6.07, 6.45) is 3.24. The van der Waals surface area contributed by atoms with E-state index in [2.05, 4.69) is 15.3 Å². The number of likely N-dealkylation sites (tertiary alicyclic amines) is 1. The monoisotopic (exact) mass is 636 g/mol. The van der Waals surface area contributed by atoms with Gasteiger partial charge in [0.05, 0.1) is 35.7 Å². The smallest absolute Gasteiger partial charge is 0.335 e. The summed E-state index contributed by atoms with van der Waals surface area (Å²) in [5.74, 6) is -0.237. The highest BCUT2D eigenvalue weighted by molar-refractivity contribution is 6.08. The van der Waals surface area contributed by atoms with Gasteiger partial charge in [0.2, 0.25) is 0 Å². The number of nitrogens with zero attached hydrogens (tertiary/aromatic N) is 3. The van der Waals surface area contributed by atoms with Crippen LogP contribution in [0.4, 0.5) is 10.1 Å². The van der Waals surface area contributed by atoms with E-state index in [1.54, 1.807) is 54.4 Å². The maximum atomic E-state index is 13.7. The van der Waals surface area contributed by atoms with Crippen LogP contribution < -0.4 is 14.8 Å². The van der Waals surface area contributed by atoms with Crippen molar-refractivity contribution in [3.8, 4) is 22.8 Å². The largest absolute Gasteiger partial charge is 0.496 e. The van der Waals surface area contributed by atoms with E-state index in [1.807, 2.05) is 39.0 Å². The summed E-state index contributed by atoms with van der Waals surface area (Å²) in [6.45, 7) is 8.25. The molecule has 1 fully saturated rings. The fraction of sp³-hybridized carbons (Fsp3) is 0.324. The summed E-state index contributed by atoms with van der Waals surface area (Å²) >= 11 is 0. The number of ether oxygens (including phenoxy) is 2. The van der Waals surface area contributed by atoms with Gasteiger partial charge in [-0.05, 0) is 100 Å². The van der Waals surface area contributed by atoms with E-state index in [1.165, 1.54) is 12.1 Å². The fourth-order valence-corrected chi connectivity index (χ4v) is 5.38. The Labute approximate surface area is 268 Å². The molecule has 5 rings (SSSR count). The first-order chi connectivity index (χ1) is 21.0. The maximum Gasteiger partial charge on any atom is 0.335 e. The summed E-state index contributed by atoms with van der Waals surface area (Å²) in [7, 11) is 1.63. The number of rotatable bonds is 9. The Kier molecular flexibility index (Phi) is 10.5. The number of benzene rings is 3. The van der Waals surface area contributed by atoms with Crippen molar-refractivity contribution in [2.24, 2.45) is 0 Å². The van der Waals surface area contributed by atoms with Crippen molar-refractivity contribution in [3.63, 3.8) is 0 Å². The van der Waals surface area contributed by atoms with E-state index in [4.69, 9.17) is 14.6 Å². The van der Waals surface area contributed by atoms with Crippen LogP contribution in [0.1, 0.15) is 59.9 Å². The molecule has 4 aromatic rings. The van der Waals surface area contributed by atoms with E-state index in [0.29, 0.717) is 34.8 Å². The van der Waals surface area contributed by atoms with Gasteiger partial charge in [0, 0.05) is 36.4 Å². The standard InChI is InChI=1S/C34H37FN4O5.ClH/c1-34(2,3)39-31(22-5-9-25(35)10-6-22)29(20-36-39)32(40)37-26-11-14-30(43-4)24(19-26)21-38-17-15-28(16-18-38)44-27-12-7-23(8-13-27)33(41)42;/h5-14,19-20,28H,15-18,21H2,1-4H3,(H,37,40)(H,41,42);1H. The van der Waals surface area contributed by atoms with Gasteiger partial charge >= 0.3 is 5.97 Å². The summed E-state index contributed by atoms with van der Waals surface area (Å²) in [5, 5.41) is 16.6. The summed E-state index contributed by atoms with van der Waals surface area (Å²) < 4.78 is 27.2. The third-order valence-electron chi connectivity index (χ3n) is 7.64. The third kappa shape index (κ3) is 8.01. The van der Waals surface area contributed by atoms with Gasteiger partial charge in [-0.1, -0.05) is 0 Å². The molecule has 1 amide bonds. The lowest BCUT2D eigenvalue weighted by Gasteiger charge is -2.32. The zero-order chi connectivity index (χ0) is 31.4. The van der Waals surface area contributed by atoms with E-state index < -0.39 is 11.5 Å². The molecule has 45 heavy (non-hydrogen) atoms. The number of hydrogen-bond acceptors (Lipinski definition) is 6. The number of carbonyl (C=O) groups is 2. The molecule has 0 atom stereocenters. The normalized spacial score (nSPS) is 14.0. The third-order valence-corrected chi connectivity index (χ3v) is 7.64. The zero-order valence-corrected chi connectivity index (χ0v) is 26.6. The molecule has 2 N–H and O–H groups in total. The minimum Gasteiger partial charge on any atom is -0.496 e. The number of piperidine rings is 1. The van der Waals surface area contributed by atoms with Crippen molar-refractivity contribution in [2.45, 2.75) is 51.8 Å². The molecule has 1 saturated heterocycles. The first kappa shape index (κ1) is 33.5. The number of aromatic nitrogens is 2. The SMILES string of the molecule is COc1ccc(NC(=O)c2cnn(C(C)(C)C)c2-c2ccc(F)cc2)cc1CN1CCC(Oc2ccc(C(=O)O)cc2)CC1.Cl. The summed E-state index contributed by atoms with van der Waals surface area (Å²) in [4.78, 5) is 27.0. The van der Waals surface area contributed by atoms with Gasteiger partial charge in [0.1, 0.15) is 23.4 Å². The average Bonchev–Trinajstić information content (AvgIpc) is 3.45. The summed E-state index contributed by atoms with van der Waals surface area (Å²) in [5.41, 5.74) is 3.10. The second kappa shape index (κ2) is 14.1. The average molecular weight is 637 g/mol. The van der Waals surface area contributed by atoms with Gasteiger partial charge in [-0.15, -0.1) is 12.4 Å². The molecule has 1 aliphatic heterocycles. The lowest BCUT2D eigenvalue weighted by Crippen LogP contribution is -2.37. The number of aromatic carboxylic acids is 1. The second-order valence-corrected chi connectivity index (χ2v) is 11.9. The Balaban J connectivity index is 0.00000461. The molecule has 0 radical (unpaired) electrons. The van der Waals surface area contributed by atoms with E-state index >= 15 is 0 Å². The van der Waals surface area contributed by atoms with Crippen molar-refractivity contribution < 1.29 is 28.6 Å². The minimum absolute atomic E-state index is 0. The molecule has 2 heterocycles. The highest BCUT2D eigenvalue weighted by atomic mass is 35.5. The van der Waals surface area contributed by atoms with Gasteiger partial charge in [-0.2, -0.15) is 5.10 Å². The van der Waals surface area contributed by atoms with E-state index in [-0.39, 0.29) is 35.8 Å². The molecular formula is C34H38ClFN4O5. The number of carbonyl (C=O) groups excluding carboxylic acids is 1. The van der Waals surface area contributed by atoms with Gasteiger partial charge in [-0.25, -0.2) is 9.18 Å². The number of amides is 1. The lowest BCUT2D eigenvalue weighted by atomic mass is 10.0. The molecule has 9 nitrogen and oxygen atoms in total. The van der Waals surface area contributed by atoms with Crippen molar-refractivity contribution in [1.29, 1.82) is 0 Å². The molecule has 0 bridgehead atoms. The number of carboxylic acid groups (broad SMARTS) is 1. The summed E-state index contributed by atoms with van der Waals surface area (Å²) in [6, 6.07) is 18.1. The molecule has 3 aromatic carbocycles. The molecule has 0 unspecified atom stereocenters. The van der Waals surface area contributed by atoms with Gasteiger partial charge in [0.25, 0.3) is 5.91 Å². The predicted molar refractivity (Wildman–Crippen MR) is 173 cm³/mol. The molecule has 1 aliphatic rings. The number of hydrogen-bond donors (Lipinski definition) is 2. The molecule has 1 aromatic heterocycles. The molecule has 0 spiro atoms. The number of nitrogens with one attached hydrogen (secondary N) is 1. The maximum absolute atomic E-state index is 13.7. The Morgan fingerprint density at radius 2 is 1.69 bits per heavy atom. The van der Waals surface area contributed by atoms with Gasteiger partial charge in [-0.3, -0.25) is 14.4 Å². The number of halogens is 2. The molecule has 0 saturated carbocycles. The van der Waals surface area contributed by atoms with Crippen LogP contribution in [0.25, 0.3) is 11.3 Å². The van der Waals surface area contributed by atoms with Gasteiger partial charge in [0.15, 0.2) is 0 Å². The Morgan fingerprint density at radius 1 is 1.02 bits per heavy atom. The van der Waals surface area contributed by atoms with Gasteiger partial charge < -0.3 is 19.9 Å². The van der Waals surface area contributed by atoms with Crippen molar-refractivity contribution in [1.82, 2.24) is 14.7 Å². The molecule has 238 valence electrons.